The zero-order chi connectivity index (χ0) is 27.5. The average Bonchev–Trinajstić information content (AvgIpc) is 2.93. The maximum atomic E-state index is 6.05. The molecule has 1 aromatic rings. The van der Waals surface area contributed by atoms with E-state index in [1.165, 1.54) is 0 Å². The van der Waals surface area contributed by atoms with Crippen molar-refractivity contribution in [1.82, 2.24) is 0 Å². The second kappa shape index (κ2) is 25.6. The van der Waals surface area contributed by atoms with Crippen molar-refractivity contribution >= 4 is 0 Å². The highest BCUT2D eigenvalue weighted by molar-refractivity contribution is 5.54. The van der Waals surface area contributed by atoms with Crippen LogP contribution in [0, 0.1) is 0 Å². The van der Waals surface area contributed by atoms with E-state index in [2.05, 4.69) is 6.92 Å². The molecule has 11 nitrogen and oxygen atoms in total. The lowest BCUT2D eigenvalue weighted by Crippen LogP contribution is -2.15. The summed E-state index contributed by atoms with van der Waals surface area (Å²) in [4.78, 5) is 0. The molecule has 0 atom stereocenters. The van der Waals surface area contributed by atoms with Gasteiger partial charge in [0, 0.05) is 21.3 Å². The third kappa shape index (κ3) is 17.7. The highest BCUT2D eigenvalue weighted by Crippen LogP contribution is 2.39. The Bertz CT molecular complexity index is 617. The second-order valence-electron chi connectivity index (χ2n) is 7.86. The minimum Gasteiger partial charge on any atom is -0.487 e. The number of aryl methyl sites for hydroxylation is 1. The Hall–Kier alpha value is -1.70. The van der Waals surface area contributed by atoms with Crippen LogP contribution in [0.2, 0.25) is 0 Å². The van der Waals surface area contributed by atoms with Crippen LogP contribution in [0.5, 0.6) is 17.2 Å². The molecule has 0 aliphatic rings. The van der Waals surface area contributed by atoms with E-state index in [4.69, 9.17) is 52.1 Å². The van der Waals surface area contributed by atoms with Gasteiger partial charge in [-0.1, -0.05) is 6.92 Å². The molecule has 0 radical (unpaired) electrons. The van der Waals surface area contributed by atoms with E-state index in [1.54, 1.807) is 21.3 Å². The van der Waals surface area contributed by atoms with E-state index in [-0.39, 0.29) is 0 Å². The third-order valence-corrected chi connectivity index (χ3v) is 4.97. The summed E-state index contributed by atoms with van der Waals surface area (Å²) in [5.41, 5.74) is 1.07. The molecule has 0 bridgehead atoms. The zero-order valence-corrected chi connectivity index (χ0v) is 23.7. The monoisotopic (exact) mass is 548 g/mol. The molecule has 0 unspecified atom stereocenters. The van der Waals surface area contributed by atoms with Crippen molar-refractivity contribution in [3.8, 4) is 17.2 Å². The number of hydrogen-bond donors (Lipinski definition) is 0. The van der Waals surface area contributed by atoms with Gasteiger partial charge in [-0.25, -0.2) is 0 Å². The Morgan fingerprint density at radius 2 is 0.737 bits per heavy atom. The van der Waals surface area contributed by atoms with Crippen molar-refractivity contribution in [2.24, 2.45) is 0 Å². The van der Waals surface area contributed by atoms with E-state index < -0.39 is 0 Å². The van der Waals surface area contributed by atoms with Gasteiger partial charge in [-0.05, 0) is 24.1 Å². The first kappa shape index (κ1) is 34.3. The molecule has 0 N–H and O–H groups in total. The molecular formula is C27H48O11. The molecule has 0 fully saturated rings. The summed E-state index contributed by atoms with van der Waals surface area (Å²) in [5, 5.41) is 0. The molecule has 38 heavy (non-hydrogen) atoms. The van der Waals surface area contributed by atoms with Crippen LogP contribution in [0.3, 0.4) is 0 Å². The van der Waals surface area contributed by atoms with Crippen LogP contribution in [-0.2, 0) is 44.3 Å². The van der Waals surface area contributed by atoms with Gasteiger partial charge in [0.1, 0.15) is 19.8 Å². The fraction of sp³-hybridized carbons (Fsp3) is 0.778. The van der Waals surface area contributed by atoms with Gasteiger partial charge in [-0.3, -0.25) is 0 Å². The van der Waals surface area contributed by atoms with E-state index >= 15 is 0 Å². The summed E-state index contributed by atoms with van der Waals surface area (Å²) in [5.74, 6) is 1.73. The predicted molar refractivity (Wildman–Crippen MR) is 142 cm³/mol. The van der Waals surface area contributed by atoms with Crippen molar-refractivity contribution < 1.29 is 52.1 Å². The molecule has 1 rings (SSSR count). The first-order valence-corrected chi connectivity index (χ1v) is 13.2. The second-order valence-corrected chi connectivity index (χ2v) is 7.86. The first-order chi connectivity index (χ1) is 18.8. The Labute approximate surface area is 227 Å². The molecule has 1 aromatic carbocycles. The minimum atomic E-state index is 0.340. The molecule has 0 saturated carbocycles. The van der Waals surface area contributed by atoms with E-state index in [0.717, 1.165) is 12.0 Å². The predicted octanol–water partition coefficient (Wildman–Crippen LogP) is 2.41. The Kier molecular flexibility index (Phi) is 23.1. The van der Waals surface area contributed by atoms with Crippen LogP contribution in [0.1, 0.15) is 12.5 Å². The molecular weight excluding hydrogens is 500 g/mol. The Balaban J connectivity index is 2.61. The lowest BCUT2D eigenvalue weighted by Gasteiger charge is -2.19. The molecule has 0 spiro atoms. The smallest absolute Gasteiger partial charge is 0.203 e. The highest BCUT2D eigenvalue weighted by atomic mass is 16.6. The lowest BCUT2D eigenvalue weighted by atomic mass is 10.1. The van der Waals surface area contributed by atoms with Gasteiger partial charge >= 0.3 is 0 Å². The van der Waals surface area contributed by atoms with Gasteiger partial charge in [0.25, 0.3) is 0 Å². The summed E-state index contributed by atoms with van der Waals surface area (Å²) >= 11 is 0. The quantitative estimate of drug-likeness (QED) is 0.144. The van der Waals surface area contributed by atoms with Gasteiger partial charge in [0.15, 0.2) is 11.5 Å². The SMILES string of the molecule is CCc1cc(OCCOCCOCCOC)c(OCCOCCOC)c(OCCOCCOCCOC)c1. The van der Waals surface area contributed by atoms with Crippen molar-refractivity contribution in [2.45, 2.75) is 13.3 Å². The van der Waals surface area contributed by atoms with Gasteiger partial charge < -0.3 is 52.1 Å². The molecule has 11 heteroatoms. The topological polar surface area (TPSA) is 102 Å². The summed E-state index contributed by atoms with van der Waals surface area (Å²) in [6.07, 6.45) is 0.817. The number of rotatable bonds is 28. The van der Waals surface area contributed by atoms with Crippen molar-refractivity contribution in [3.63, 3.8) is 0 Å². The number of ether oxygens (including phenoxy) is 11. The third-order valence-electron chi connectivity index (χ3n) is 4.97. The van der Waals surface area contributed by atoms with Gasteiger partial charge in [-0.2, -0.15) is 0 Å². The van der Waals surface area contributed by atoms with Crippen LogP contribution in [-0.4, -0.2) is 127 Å². The van der Waals surface area contributed by atoms with Gasteiger partial charge in [0.2, 0.25) is 5.75 Å². The Morgan fingerprint density at radius 1 is 0.421 bits per heavy atom. The molecule has 0 amide bonds. The van der Waals surface area contributed by atoms with Gasteiger partial charge in [0.05, 0.1) is 85.9 Å². The number of methoxy groups -OCH3 is 3. The average molecular weight is 549 g/mol. The number of hydrogen-bond acceptors (Lipinski definition) is 11. The van der Waals surface area contributed by atoms with Crippen LogP contribution in [0.4, 0.5) is 0 Å². The van der Waals surface area contributed by atoms with E-state index in [0.29, 0.717) is 123 Å². The largest absolute Gasteiger partial charge is 0.487 e. The highest BCUT2D eigenvalue weighted by Gasteiger charge is 2.16. The minimum absolute atomic E-state index is 0.340. The molecule has 0 aliphatic carbocycles. The molecule has 0 aromatic heterocycles. The molecule has 222 valence electrons. The normalized spacial score (nSPS) is 11.2. The molecule has 0 saturated heterocycles. The molecule has 0 aliphatic heterocycles. The van der Waals surface area contributed by atoms with Crippen LogP contribution in [0.25, 0.3) is 0 Å². The fourth-order valence-electron chi connectivity index (χ4n) is 2.99. The van der Waals surface area contributed by atoms with Crippen molar-refractivity contribution in [2.75, 3.05) is 127 Å². The first-order valence-electron chi connectivity index (χ1n) is 13.2. The number of benzene rings is 1. The van der Waals surface area contributed by atoms with Crippen LogP contribution >= 0.6 is 0 Å². The molecule has 0 heterocycles. The summed E-state index contributed by atoms with van der Waals surface area (Å²) in [6, 6.07) is 3.94. The summed E-state index contributed by atoms with van der Waals surface area (Å²) in [7, 11) is 4.92. The van der Waals surface area contributed by atoms with Crippen LogP contribution < -0.4 is 14.2 Å². The van der Waals surface area contributed by atoms with Gasteiger partial charge in [-0.15, -0.1) is 0 Å². The summed E-state index contributed by atoms with van der Waals surface area (Å²) in [6.45, 7) is 9.61. The van der Waals surface area contributed by atoms with Crippen LogP contribution in [0.15, 0.2) is 12.1 Å². The maximum absolute atomic E-state index is 6.05. The zero-order valence-electron chi connectivity index (χ0n) is 23.7. The standard InChI is InChI=1S/C27H48O11/c1-5-24-22-25(36-19-16-34-14-12-31-9-6-28-2)27(38-21-18-33-11-8-30-4)26(23-24)37-20-17-35-15-13-32-10-7-29-3/h22-23H,5-21H2,1-4H3. The Morgan fingerprint density at radius 3 is 1.08 bits per heavy atom. The maximum Gasteiger partial charge on any atom is 0.203 e. The van der Waals surface area contributed by atoms with E-state index in [1.807, 2.05) is 12.1 Å². The lowest BCUT2D eigenvalue weighted by molar-refractivity contribution is 0.0167. The van der Waals surface area contributed by atoms with Crippen molar-refractivity contribution in [1.29, 1.82) is 0 Å². The fourth-order valence-corrected chi connectivity index (χ4v) is 2.99. The summed E-state index contributed by atoms with van der Waals surface area (Å²) < 4.78 is 60.6. The van der Waals surface area contributed by atoms with Crippen molar-refractivity contribution in [3.05, 3.63) is 17.7 Å². The van der Waals surface area contributed by atoms with E-state index in [9.17, 15) is 0 Å².